The van der Waals surface area contributed by atoms with Crippen LogP contribution in [-0.2, 0) is 11.3 Å². The minimum Gasteiger partial charge on any atom is -0.354 e. The van der Waals surface area contributed by atoms with E-state index in [1.165, 1.54) is 19.3 Å². The van der Waals surface area contributed by atoms with Crippen LogP contribution >= 0.6 is 24.8 Å². The summed E-state index contributed by atoms with van der Waals surface area (Å²) in [6, 6.07) is 0.332. The zero-order valence-electron chi connectivity index (χ0n) is 12.7. The molecule has 1 aromatic heterocycles. The first kappa shape index (κ1) is 19.3. The SMILES string of the molecule is Cl.Cl.NC1C2CCCC1CC(C(=O)NCCn1ccnc1)C2. The van der Waals surface area contributed by atoms with Crippen molar-refractivity contribution in [3.8, 4) is 0 Å². The van der Waals surface area contributed by atoms with Crippen molar-refractivity contribution in [3.63, 3.8) is 0 Å². The van der Waals surface area contributed by atoms with Crippen LogP contribution in [0.5, 0.6) is 0 Å². The summed E-state index contributed by atoms with van der Waals surface area (Å²) in [5.74, 6) is 1.51. The average molecular weight is 349 g/mol. The van der Waals surface area contributed by atoms with Gasteiger partial charge in [0.25, 0.3) is 0 Å². The predicted molar refractivity (Wildman–Crippen MR) is 91.3 cm³/mol. The molecule has 3 N–H and O–H groups in total. The second-order valence-corrected chi connectivity index (χ2v) is 6.29. The maximum Gasteiger partial charge on any atom is 0.223 e. The van der Waals surface area contributed by atoms with Crippen molar-refractivity contribution in [2.45, 2.75) is 44.7 Å². The Labute approximate surface area is 144 Å². The van der Waals surface area contributed by atoms with Crippen LogP contribution in [-0.4, -0.2) is 28.0 Å². The average Bonchev–Trinajstić information content (AvgIpc) is 2.91. The van der Waals surface area contributed by atoms with Gasteiger partial charge in [-0.3, -0.25) is 4.79 Å². The molecular weight excluding hydrogens is 323 g/mol. The highest BCUT2D eigenvalue weighted by Crippen LogP contribution is 2.41. The Morgan fingerprint density at radius 1 is 1.27 bits per heavy atom. The molecule has 2 aliphatic carbocycles. The van der Waals surface area contributed by atoms with Crippen molar-refractivity contribution in [3.05, 3.63) is 18.7 Å². The van der Waals surface area contributed by atoms with Crippen LogP contribution in [0, 0.1) is 17.8 Å². The van der Waals surface area contributed by atoms with Crippen LogP contribution in [0.2, 0.25) is 0 Å². The molecule has 3 rings (SSSR count). The van der Waals surface area contributed by atoms with Gasteiger partial charge in [0.15, 0.2) is 0 Å². The largest absolute Gasteiger partial charge is 0.354 e. The molecule has 2 saturated carbocycles. The molecule has 5 nitrogen and oxygen atoms in total. The van der Waals surface area contributed by atoms with Gasteiger partial charge in [0, 0.05) is 37.4 Å². The number of rotatable bonds is 4. The number of aromatic nitrogens is 2. The molecule has 22 heavy (non-hydrogen) atoms. The number of nitrogens with two attached hydrogens (primary N) is 1. The van der Waals surface area contributed by atoms with E-state index in [4.69, 9.17) is 5.73 Å². The maximum atomic E-state index is 12.3. The molecule has 0 aliphatic heterocycles. The molecule has 2 atom stereocenters. The Morgan fingerprint density at radius 2 is 1.95 bits per heavy atom. The molecule has 7 heteroatoms. The van der Waals surface area contributed by atoms with Crippen molar-refractivity contribution in [1.82, 2.24) is 14.9 Å². The number of halogens is 2. The van der Waals surface area contributed by atoms with Crippen molar-refractivity contribution >= 4 is 30.7 Å². The van der Waals surface area contributed by atoms with E-state index in [2.05, 4.69) is 10.3 Å². The van der Waals surface area contributed by atoms with E-state index in [0.29, 0.717) is 24.4 Å². The van der Waals surface area contributed by atoms with Crippen molar-refractivity contribution in [2.24, 2.45) is 23.5 Å². The van der Waals surface area contributed by atoms with Gasteiger partial charge < -0.3 is 15.6 Å². The van der Waals surface area contributed by atoms with Gasteiger partial charge in [-0.25, -0.2) is 4.98 Å². The van der Waals surface area contributed by atoms with E-state index in [0.717, 1.165) is 19.4 Å². The minimum absolute atomic E-state index is 0. The lowest BCUT2D eigenvalue weighted by Gasteiger charge is -2.43. The Hall–Kier alpha value is -0.780. The molecule has 2 unspecified atom stereocenters. The lowest BCUT2D eigenvalue weighted by atomic mass is 9.65. The fourth-order valence-corrected chi connectivity index (χ4v) is 3.87. The Bertz CT molecular complexity index is 440. The number of nitrogens with zero attached hydrogens (tertiary/aromatic N) is 2. The highest BCUT2D eigenvalue weighted by molar-refractivity contribution is 5.85. The number of imidazole rings is 1. The number of carbonyl (C=O) groups excluding carboxylic acids is 1. The minimum atomic E-state index is 0. The van der Waals surface area contributed by atoms with Gasteiger partial charge in [0.2, 0.25) is 5.91 Å². The third-order valence-corrected chi connectivity index (χ3v) is 5.01. The van der Waals surface area contributed by atoms with Gasteiger partial charge in [-0.2, -0.15) is 0 Å². The molecular formula is C15H26Cl2N4O. The van der Waals surface area contributed by atoms with Crippen LogP contribution in [0.25, 0.3) is 0 Å². The smallest absolute Gasteiger partial charge is 0.223 e. The summed E-state index contributed by atoms with van der Waals surface area (Å²) in [5, 5.41) is 3.07. The summed E-state index contributed by atoms with van der Waals surface area (Å²) in [6.45, 7) is 1.46. The van der Waals surface area contributed by atoms with Crippen LogP contribution in [0.1, 0.15) is 32.1 Å². The van der Waals surface area contributed by atoms with Crippen molar-refractivity contribution < 1.29 is 4.79 Å². The summed E-state index contributed by atoms with van der Waals surface area (Å²) >= 11 is 0. The summed E-state index contributed by atoms with van der Waals surface area (Å²) < 4.78 is 1.98. The van der Waals surface area contributed by atoms with Crippen molar-refractivity contribution in [1.29, 1.82) is 0 Å². The van der Waals surface area contributed by atoms with Gasteiger partial charge in [0.1, 0.15) is 0 Å². The molecule has 126 valence electrons. The quantitative estimate of drug-likeness (QED) is 0.873. The van der Waals surface area contributed by atoms with E-state index in [-0.39, 0.29) is 36.6 Å². The summed E-state index contributed by atoms with van der Waals surface area (Å²) in [6.07, 6.45) is 11.1. The van der Waals surface area contributed by atoms with Crippen LogP contribution in [0.4, 0.5) is 0 Å². The second kappa shape index (κ2) is 8.75. The number of nitrogens with one attached hydrogen (secondary N) is 1. The first-order chi connectivity index (χ1) is 9.74. The fourth-order valence-electron chi connectivity index (χ4n) is 3.87. The summed E-state index contributed by atoms with van der Waals surface area (Å²) in [7, 11) is 0. The number of hydrogen-bond acceptors (Lipinski definition) is 3. The third-order valence-electron chi connectivity index (χ3n) is 5.01. The van der Waals surface area contributed by atoms with E-state index < -0.39 is 0 Å². The molecule has 1 amide bonds. The lowest BCUT2D eigenvalue weighted by molar-refractivity contribution is -0.127. The molecule has 0 aromatic carbocycles. The van der Waals surface area contributed by atoms with Gasteiger partial charge >= 0.3 is 0 Å². The highest BCUT2D eigenvalue weighted by Gasteiger charge is 2.40. The van der Waals surface area contributed by atoms with Gasteiger partial charge in [-0.05, 0) is 37.5 Å². The summed E-state index contributed by atoms with van der Waals surface area (Å²) in [4.78, 5) is 16.3. The van der Waals surface area contributed by atoms with Crippen LogP contribution in [0.15, 0.2) is 18.7 Å². The fraction of sp³-hybridized carbons (Fsp3) is 0.733. The molecule has 0 radical (unpaired) electrons. The van der Waals surface area contributed by atoms with Gasteiger partial charge in [-0.15, -0.1) is 24.8 Å². The first-order valence-electron chi connectivity index (χ1n) is 7.73. The van der Waals surface area contributed by atoms with E-state index in [1.54, 1.807) is 12.5 Å². The second-order valence-electron chi connectivity index (χ2n) is 6.29. The normalized spacial score (nSPS) is 29.9. The molecule has 2 fully saturated rings. The third kappa shape index (κ3) is 4.37. The molecule has 1 heterocycles. The zero-order chi connectivity index (χ0) is 13.9. The number of amides is 1. The van der Waals surface area contributed by atoms with Gasteiger partial charge in [0.05, 0.1) is 6.33 Å². The van der Waals surface area contributed by atoms with Gasteiger partial charge in [-0.1, -0.05) is 6.42 Å². The Balaban J connectivity index is 0.00000121. The molecule has 2 aliphatic rings. The monoisotopic (exact) mass is 348 g/mol. The topological polar surface area (TPSA) is 72.9 Å². The Kier molecular flexibility index (Phi) is 7.66. The lowest BCUT2D eigenvalue weighted by Crippen LogP contribution is -2.49. The zero-order valence-corrected chi connectivity index (χ0v) is 14.3. The number of hydrogen-bond donors (Lipinski definition) is 2. The standard InChI is InChI=1S/C15H24N4O.2ClH/c16-14-11-2-1-3-12(14)9-13(8-11)15(20)18-5-7-19-6-4-17-10-19;;/h4,6,10-14H,1-3,5,7-9,16H2,(H,18,20);2*1H. The Morgan fingerprint density at radius 3 is 2.55 bits per heavy atom. The summed E-state index contributed by atoms with van der Waals surface area (Å²) in [5.41, 5.74) is 6.27. The molecule has 0 spiro atoms. The van der Waals surface area contributed by atoms with E-state index in [1.807, 2.05) is 10.8 Å². The van der Waals surface area contributed by atoms with Crippen LogP contribution in [0.3, 0.4) is 0 Å². The van der Waals surface area contributed by atoms with E-state index in [9.17, 15) is 4.79 Å². The predicted octanol–water partition coefficient (Wildman–Crippen LogP) is 2.00. The highest BCUT2D eigenvalue weighted by atomic mass is 35.5. The maximum absolute atomic E-state index is 12.3. The molecule has 0 saturated heterocycles. The number of fused-ring (bicyclic) bond motifs is 2. The number of carbonyl (C=O) groups is 1. The first-order valence-corrected chi connectivity index (χ1v) is 7.73. The molecule has 2 bridgehead atoms. The van der Waals surface area contributed by atoms with Crippen LogP contribution < -0.4 is 11.1 Å². The van der Waals surface area contributed by atoms with Crippen molar-refractivity contribution in [2.75, 3.05) is 6.54 Å². The molecule has 1 aromatic rings. The van der Waals surface area contributed by atoms with E-state index >= 15 is 0 Å².